The standard InChI is InChI=1S/C13H16F3N/c1-17-12(6-7-13(14,15)16)11-8-9-4-2-3-5-10(9)11/h2-5,11-12,17H,6-8H2,1H3. The number of fused-ring (bicyclic) bond motifs is 1. The fourth-order valence-electron chi connectivity index (χ4n) is 2.52. The highest BCUT2D eigenvalue weighted by molar-refractivity contribution is 5.41. The largest absolute Gasteiger partial charge is 0.389 e. The molecule has 1 aromatic rings. The molecule has 1 aliphatic carbocycles. The molecule has 0 amide bonds. The summed E-state index contributed by atoms with van der Waals surface area (Å²) in [5.74, 6) is 0.235. The zero-order chi connectivity index (χ0) is 12.5. The lowest BCUT2D eigenvalue weighted by molar-refractivity contribution is -0.136. The van der Waals surface area contributed by atoms with Gasteiger partial charge in [0, 0.05) is 18.4 Å². The highest BCUT2D eigenvalue weighted by atomic mass is 19.4. The molecule has 1 aromatic carbocycles. The maximum absolute atomic E-state index is 12.2. The SMILES string of the molecule is CNC(CCC(F)(F)F)C1Cc2ccccc21. The smallest absolute Gasteiger partial charge is 0.316 e. The Morgan fingerprint density at radius 1 is 1.35 bits per heavy atom. The molecule has 4 heteroatoms. The third kappa shape index (κ3) is 2.80. The minimum Gasteiger partial charge on any atom is -0.316 e. The van der Waals surface area contributed by atoms with E-state index in [1.807, 2.05) is 24.3 Å². The number of benzene rings is 1. The number of rotatable bonds is 4. The van der Waals surface area contributed by atoms with Gasteiger partial charge in [0.05, 0.1) is 0 Å². The van der Waals surface area contributed by atoms with Crippen LogP contribution in [-0.2, 0) is 6.42 Å². The third-order valence-electron chi connectivity index (χ3n) is 3.49. The lowest BCUT2D eigenvalue weighted by Gasteiger charge is -2.36. The van der Waals surface area contributed by atoms with Gasteiger partial charge in [0.15, 0.2) is 0 Å². The van der Waals surface area contributed by atoms with Gasteiger partial charge in [0.1, 0.15) is 0 Å². The molecular weight excluding hydrogens is 227 g/mol. The molecule has 0 fully saturated rings. The van der Waals surface area contributed by atoms with E-state index in [1.54, 1.807) is 7.05 Å². The van der Waals surface area contributed by atoms with Gasteiger partial charge < -0.3 is 5.32 Å². The summed E-state index contributed by atoms with van der Waals surface area (Å²) < 4.78 is 36.6. The van der Waals surface area contributed by atoms with E-state index < -0.39 is 12.6 Å². The molecule has 94 valence electrons. The second-order valence-corrected chi connectivity index (χ2v) is 4.56. The topological polar surface area (TPSA) is 12.0 Å². The van der Waals surface area contributed by atoms with Crippen LogP contribution in [0.4, 0.5) is 13.2 Å². The molecule has 0 aliphatic heterocycles. The molecular formula is C13H16F3N. The van der Waals surface area contributed by atoms with Crippen LogP contribution in [0.25, 0.3) is 0 Å². The first-order chi connectivity index (χ1) is 8.01. The normalized spacial score (nSPS) is 20.6. The number of likely N-dealkylation sites (N-methyl/N-ethyl adjacent to an activating group) is 1. The first-order valence-corrected chi connectivity index (χ1v) is 5.83. The van der Waals surface area contributed by atoms with E-state index in [1.165, 1.54) is 11.1 Å². The maximum Gasteiger partial charge on any atom is 0.389 e. The van der Waals surface area contributed by atoms with Crippen LogP contribution < -0.4 is 5.32 Å². The zero-order valence-corrected chi connectivity index (χ0v) is 9.72. The first-order valence-electron chi connectivity index (χ1n) is 5.83. The van der Waals surface area contributed by atoms with E-state index in [-0.39, 0.29) is 18.4 Å². The number of hydrogen-bond donors (Lipinski definition) is 1. The molecule has 0 saturated carbocycles. The van der Waals surface area contributed by atoms with Gasteiger partial charge in [0.2, 0.25) is 0 Å². The molecule has 0 heterocycles. The van der Waals surface area contributed by atoms with Gasteiger partial charge in [-0.1, -0.05) is 24.3 Å². The lowest BCUT2D eigenvalue weighted by Crippen LogP contribution is -2.38. The lowest BCUT2D eigenvalue weighted by atomic mass is 9.72. The number of alkyl halides is 3. The van der Waals surface area contributed by atoms with Crippen molar-refractivity contribution in [2.45, 2.75) is 37.4 Å². The van der Waals surface area contributed by atoms with Crippen LogP contribution in [0.15, 0.2) is 24.3 Å². The van der Waals surface area contributed by atoms with Crippen LogP contribution in [0.2, 0.25) is 0 Å². The highest BCUT2D eigenvalue weighted by Crippen LogP contribution is 2.39. The van der Waals surface area contributed by atoms with Crippen molar-refractivity contribution in [1.29, 1.82) is 0 Å². The van der Waals surface area contributed by atoms with Crippen molar-refractivity contribution >= 4 is 0 Å². The second kappa shape index (κ2) is 4.69. The van der Waals surface area contributed by atoms with Gasteiger partial charge in [-0.05, 0) is 31.0 Å². The Hall–Kier alpha value is -1.03. The molecule has 0 bridgehead atoms. The van der Waals surface area contributed by atoms with E-state index in [4.69, 9.17) is 0 Å². The van der Waals surface area contributed by atoms with Gasteiger partial charge in [0.25, 0.3) is 0 Å². The molecule has 1 N–H and O–H groups in total. The van der Waals surface area contributed by atoms with Gasteiger partial charge in [-0.2, -0.15) is 13.2 Å². The fourth-order valence-corrected chi connectivity index (χ4v) is 2.52. The monoisotopic (exact) mass is 243 g/mol. The Bertz CT molecular complexity index is 386. The highest BCUT2D eigenvalue weighted by Gasteiger charge is 2.35. The van der Waals surface area contributed by atoms with Crippen LogP contribution in [0.1, 0.15) is 29.9 Å². The Morgan fingerprint density at radius 3 is 2.65 bits per heavy atom. The molecule has 0 aromatic heterocycles. The molecule has 2 rings (SSSR count). The molecule has 2 unspecified atom stereocenters. The Balaban J connectivity index is 1.98. The van der Waals surface area contributed by atoms with Gasteiger partial charge in [-0.15, -0.1) is 0 Å². The van der Waals surface area contributed by atoms with Gasteiger partial charge in [-0.25, -0.2) is 0 Å². The molecule has 0 saturated heterocycles. The van der Waals surface area contributed by atoms with Crippen molar-refractivity contribution in [2.24, 2.45) is 0 Å². The van der Waals surface area contributed by atoms with Crippen molar-refractivity contribution in [1.82, 2.24) is 5.32 Å². The summed E-state index contributed by atoms with van der Waals surface area (Å²) in [6, 6.07) is 7.90. The van der Waals surface area contributed by atoms with E-state index in [0.717, 1.165) is 6.42 Å². The fraction of sp³-hybridized carbons (Fsp3) is 0.538. The van der Waals surface area contributed by atoms with Crippen LogP contribution in [0, 0.1) is 0 Å². The van der Waals surface area contributed by atoms with Crippen molar-refractivity contribution in [3.63, 3.8) is 0 Å². The maximum atomic E-state index is 12.2. The zero-order valence-electron chi connectivity index (χ0n) is 9.72. The minimum absolute atomic E-state index is 0.0773. The van der Waals surface area contributed by atoms with Crippen LogP contribution in [-0.4, -0.2) is 19.3 Å². The quantitative estimate of drug-likeness (QED) is 0.856. The predicted octanol–water partition coefficient (Wildman–Crippen LogP) is 3.26. The average molecular weight is 243 g/mol. The summed E-state index contributed by atoms with van der Waals surface area (Å²) in [4.78, 5) is 0. The summed E-state index contributed by atoms with van der Waals surface area (Å²) in [7, 11) is 1.74. The number of nitrogens with one attached hydrogen (secondary N) is 1. The Kier molecular flexibility index (Phi) is 3.43. The molecule has 1 nitrogen and oxygen atoms in total. The van der Waals surface area contributed by atoms with Crippen molar-refractivity contribution in [2.75, 3.05) is 7.05 Å². The first kappa shape index (κ1) is 12.4. The summed E-state index contributed by atoms with van der Waals surface area (Å²) in [6.07, 6.45) is -3.73. The second-order valence-electron chi connectivity index (χ2n) is 4.56. The van der Waals surface area contributed by atoms with E-state index in [2.05, 4.69) is 5.32 Å². The van der Waals surface area contributed by atoms with Crippen LogP contribution in [0.5, 0.6) is 0 Å². The van der Waals surface area contributed by atoms with Crippen LogP contribution in [0.3, 0.4) is 0 Å². The van der Waals surface area contributed by atoms with Gasteiger partial charge >= 0.3 is 6.18 Å². The predicted molar refractivity (Wildman–Crippen MR) is 61.0 cm³/mol. The average Bonchev–Trinajstić information content (AvgIpc) is 2.23. The minimum atomic E-state index is -4.06. The summed E-state index contributed by atoms with van der Waals surface area (Å²) in [5.41, 5.74) is 2.47. The van der Waals surface area contributed by atoms with E-state index in [0.29, 0.717) is 0 Å². The van der Waals surface area contributed by atoms with E-state index in [9.17, 15) is 13.2 Å². The van der Waals surface area contributed by atoms with Crippen molar-refractivity contribution < 1.29 is 13.2 Å². The van der Waals surface area contributed by atoms with Crippen molar-refractivity contribution in [3.8, 4) is 0 Å². The summed E-state index contributed by atoms with van der Waals surface area (Å²) in [6.45, 7) is 0. The Morgan fingerprint density at radius 2 is 2.06 bits per heavy atom. The summed E-state index contributed by atoms with van der Waals surface area (Å²) >= 11 is 0. The summed E-state index contributed by atoms with van der Waals surface area (Å²) in [5, 5.41) is 3.02. The molecule has 1 aliphatic rings. The number of halogens is 3. The number of hydrogen-bond acceptors (Lipinski definition) is 1. The molecule has 0 radical (unpaired) electrons. The molecule has 0 spiro atoms. The van der Waals surface area contributed by atoms with Crippen LogP contribution >= 0.6 is 0 Å². The molecule has 17 heavy (non-hydrogen) atoms. The van der Waals surface area contributed by atoms with Crippen molar-refractivity contribution in [3.05, 3.63) is 35.4 Å². The van der Waals surface area contributed by atoms with E-state index >= 15 is 0 Å². The molecule has 2 atom stereocenters. The van der Waals surface area contributed by atoms with Gasteiger partial charge in [-0.3, -0.25) is 0 Å². The third-order valence-corrected chi connectivity index (χ3v) is 3.49. The Labute approximate surface area is 99.0 Å².